The molecule has 2 aromatic rings. The largest absolute Gasteiger partial charge is 0.484 e. The third kappa shape index (κ3) is 3.45. The highest BCUT2D eigenvalue weighted by Gasteiger charge is 2.21. The van der Waals surface area contributed by atoms with E-state index in [0.717, 1.165) is 5.56 Å². The molecular formula is C13H16ClN3O2. The Labute approximate surface area is 116 Å². The highest BCUT2D eigenvalue weighted by molar-refractivity contribution is 6.31. The molecule has 0 saturated carbocycles. The van der Waals surface area contributed by atoms with E-state index in [-0.39, 0.29) is 6.61 Å². The minimum atomic E-state index is -0.626. The maximum atomic E-state index is 5.94. The smallest absolute Gasteiger partial charge is 0.264 e. The zero-order chi connectivity index (χ0) is 14.0. The molecule has 0 amide bonds. The van der Waals surface area contributed by atoms with Crippen LogP contribution in [0, 0.1) is 6.92 Å². The monoisotopic (exact) mass is 281 g/mol. The average Bonchev–Trinajstić information content (AvgIpc) is 2.79. The molecule has 2 rings (SSSR count). The Morgan fingerprint density at radius 3 is 2.74 bits per heavy atom. The Bertz CT molecular complexity index is 576. The number of aromatic nitrogens is 2. The first-order chi connectivity index (χ1) is 8.86. The highest BCUT2D eigenvalue weighted by Crippen LogP contribution is 2.22. The second-order valence-electron chi connectivity index (χ2n) is 4.93. The molecule has 19 heavy (non-hydrogen) atoms. The van der Waals surface area contributed by atoms with Crippen molar-refractivity contribution in [2.45, 2.75) is 32.9 Å². The van der Waals surface area contributed by atoms with Crippen LogP contribution in [-0.2, 0) is 12.1 Å². The average molecular weight is 282 g/mol. The Morgan fingerprint density at radius 1 is 1.42 bits per heavy atom. The molecular weight excluding hydrogens is 266 g/mol. The molecule has 102 valence electrons. The molecule has 0 fully saturated rings. The van der Waals surface area contributed by atoms with Crippen LogP contribution >= 0.6 is 11.6 Å². The topological polar surface area (TPSA) is 74.2 Å². The van der Waals surface area contributed by atoms with Gasteiger partial charge in [-0.2, -0.15) is 4.98 Å². The second kappa shape index (κ2) is 5.19. The molecule has 6 heteroatoms. The number of ether oxygens (including phenoxy) is 1. The van der Waals surface area contributed by atoms with Crippen molar-refractivity contribution in [1.29, 1.82) is 0 Å². The van der Waals surface area contributed by atoms with Crippen LogP contribution in [-0.4, -0.2) is 10.1 Å². The summed E-state index contributed by atoms with van der Waals surface area (Å²) in [5.74, 6) is 1.55. The molecule has 0 saturated heterocycles. The van der Waals surface area contributed by atoms with E-state index in [2.05, 4.69) is 10.1 Å². The lowest BCUT2D eigenvalue weighted by atomic mass is 10.1. The Kier molecular flexibility index (Phi) is 3.78. The van der Waals surface area contributed by atoms with E-state index in [1.54, 1.807) is 12.1 Å². The van der Waals surface area contributed by atoms with Crippen molar-refractivity contribution >= 4 is 11.6 Å². The van der Waals surface area contributed by atoms with E-state index < -0.39 is 5.54 Å². The number of halogens is 1. The molecule has 0 aliphatic carbocycles. The predicted octanol–water partition coefficient (Wildman–Crippen LogP) is 2.80. The summed E-state index contributed by atoms with van der Waals surface area (Å²) in [6.45, 7) is 5.73. The van der Waals surface area contributed by atoms with Crippen molar-refractivity contribution in [2.24, 2.45) is 5.73 Å². The van der Waals surface area contributed by atoms with Crippen LogP contribution in [0.4, 0.5) is 0 Å². The van der Waals surface area contributed by atoms with Gasteiger partial charge < -0.3 is 15.0 Å². The van der Waals surface area contributed by atoms with Gasteiger partial charge in [0.25, 0.3) is 5.89 Å². The summed E-state index contributed by atoms with van der Waals surface area (Å²) in [5.41, 5.74) is 6.20. The summed E-state index contributed by atoms with van der Waals surface area (Å²) >= 11 is 5.94. The maximum absolute atomic E-state index is 5.94. The number of aryl methyl sites for hydroxylation is 1. The fourth-order valence-electron chi connectivity index (χ4n) is 1.43. The Morgan fingerprint density at radius 2 is 2.16 bits per heavy atom. The van der Waals surface area contributed by atoms with Crippen LogP contribution in [0.25, 0.3) is 0 Å². The molecule has 0 atom stereocenters. The molecule has 1 aromatic heterocycles. The predicted molar refractivity (Wildman–Crippen MR) is 72.0 cm³/mol. The minimum Gasteiger partial charge on any atom is -0.484 e. The van der Waals surface area contributed by atoms with Gasteiger partial charge in [-0.05, 0) is 44.5 Å². The van der Waals surface area contributed by atoms with Gasteiger partial charge in [0.2, 0.25) is 0 Å². The highest BCUT2D eigenvalue weighted by atomic mass is 35.5. The third-order valence-electron chi connectivity index (χ3n) is 2.54. The van der Waals surface area contributed by atoms with Crippen molar-refractivity contribution in [3.8, 4) is 5.75 Å². The molecule has 1 heterocycles. The van der Waals surface area contributed by atoms with E-state index >= 15 is 0 Å². The van der Waals surface area contributed by atoms with Gasteiger partial charge >= 0.3 is 0 Å². The van der Waals surface area contributed by atoms with Gasteiger partial charge in [0, 0.05) is 5.02 Å². The molecule has 2 N–H and O–H groups in total. The van der Waals surface area contributed by atoms with E-state index in [0.29, 0.717) is 22.5 Å². The molecule has 0 aliphatic heterocycles. The van der Waals surface area contributed by atoms with Crippen LogP contribution in [0.15, 0.2) is 22.7 Å². The standard InChI is InChI=1S/C13H16ClN3O2/c1-8-6-9(4-5-10(8)14)18-7-11-16-12(17-19-11)13(2,3)15/h4-6H,7,15H2,1-3H3. The minimum absolute atomic E-state index is 0.199. The van der Waals surface area contributed by atoms with Crippen LogP contribution in [0.5, 0.6) is 5.75 Å². The molecule has 0 spiro atoms. The molecule has 0 unspecified atom stereocenters. The Hall–Kier alpha value is -1.59. The summed E-state index contributed by atoms with van der Waals surface area (Å²) < 4.78 is 10.6. The fourth-order valence-corrected chi connectivity index (χ4v) is 1.54. The van der Waals surface area contributed by atoms with Crippen molar-refractivity contribution in [3.05, 3.63) is 40.5 Å². The van der Waals surface area contributed by atoms with E-state index in [4.69, 9.17) is 26.6 Å². The molecule has 1 aromatic carbocycles. The zero-order valence-electron chi connectivity index (χ0n) is 11.1. The van der Waals surface area contributed by atoms with Crippen LogP contribution < -0.4 is 10.5 Å². The van der Waals surface area contributed by atoms with Gasteiger partial charge in [0.05, 0.1) is 5.54 Å². The van der Waals surface area contributed by atoms with Crippen molar-refractivity contribution in [2.75, 3.05) is 0 Å². The first-order valence-electron chi connectivity index (χ1n) is 5.87. The molecule has 0 bridgehead atoms. The SMILES string of the molecule is Cc1cc(OCc2nc(C(C)(C)N)no2)ccc1Cl. The Balaban J connectivity index is 2.02. The first kappa shape index (κ1) is 13.8. The lowest BCUT2D eigenvalue weighted by molar-refractivity contribution is 0.241. The zero-order valence-corrected chi connectivity index (χ0v) is 11.9. The second-order valence-corrected chi connectivity index (χ2v) is 5.34. The van der Waals surface area contributed by atoms with Crippen LogP contribution in [0.3, 0.4) is 0 Å². The lowest BCUT2D eigenvalue weighted by Crippen LogP contribution is -2.30. The number of nitrogens with zero attached hydrogens (tertiary/aromatic N) is 2. The number of benzene rings is 1. The summed E-state index contributed by atoms with van der Waals surface area (Å²) in [5, 5.41) is 4.53. The molecule has 0 radical (unpaired) electrons. The van der Waals surface area contributed by atoms with Crippen LogP contribution in [0.1, 0.15) is 31.1 Å². The summed E-state index contributed by atoms with van der Waals surface area (Å²) in [4.78, 5) is 4.18. The first-order valence-corrected chi connectivity index (χ1v) is 6.25. The fraction of sp³-hybridized carbons (Fsp3) is 0.385. The number of hydrogen-bond donors (Lipinski definition) is 1. The summed E-state index contributed by atoms with van der Waals surface area (Å²) in [7, 11) is 0. The maximum Gasteiger partial charge on any atom is 0.264 e. The number of rotatable bonds is 4. The normalized spacial score (nSPS) is 11.6. The van der Waals surface area contributed by atoms with Gasteiger partial charge in [-0.3, -0.25) is 0 Å². The van der Waals surface area contributed by atoms with Gasteiger partial charge in [-0.15, -0.1) is 0 Å². The lowest BCUT2D eigenvalue weighted by Gasteiger charge is -2.11. The quantitative estimate of drug-likeness (QED) is 0.933. The van der Waals surface area contributed by atoms with Crippen LogP contribution in [0.2, 0.25) is 5.02 Å². The number of hydrogen-bond acceptors (Lipinski definition) is 5. The van der Waals surface area contributed by atoms with Crippen molar-refractivity contribution < 1.29 is 9.26 Å². The van der Waals surface area contributed by atoms with Crippen molar-refractivity contribution in [3.63, 3.8) is 0 Å². The van der Waals surface area contributed by atoms with E-state index in [9.17, 15) is 0 Å². The van der Waals surface area contributed by atoms with Gasteiger partial charge in [0.1, 0.15) is 5.75 Å². The molecule has 0 aliphatic rings. The van der Waals surface area contributed by atoms with Gasteiger partial charge in [-0.25, -0.2) is 0 Å². The summed E-state index contributed by atoms with van der Waals surface area (Å²) in [6.07, 6.45) is 0. The van der Waals surface area contributed by atoms with Crippen molar-refractivity contribution in [1.82, 2.24) is 10.1 Å². The van der Waals surface area contributed by atoms with E-state index in [1.807, 2.05) is 26.8 Å². The van der Waals surface area contributed by atoms with E-state index in [1.165, 1.54) is 0 Å². The summed E-state index contributed by atoms with van der Waals surface area (Å²) in [6, 6.07) is 5.43. The van der Waals surface area contributed by atoms with Gasteiger partial charge in [0.15, 0.2) is 12.4 Å². The molecule has 5 nitrogen and oxygen atoms in total. The number of nitrogens with two attached hydrogens (primary N) is 1. The van der Waals surface area contributed by atoms with Gasteiger partial charge in [-0.1, -0.05) is 16.8 Å². The third-order valence-corrected chi connectivity index (χ3v) is 2.96.